The molecule has 0 spiro atoms. The number of benzene rings is 2. The van der Waals surface area contributed by atoms with Crippen LogP contribution in [0.25, 0.3) is 5.69 Å². The molecule has 0 fully saturated rings. The van der Waals surface area contributed by atoms with Crippen molar-refractivity contribution in [2.75, 3.05) is 6.26 Å². The van der Waals surface area contributed by atoms with Crippen molar-refractivity contribution in [1.82, 2.24) is 9.88 Å². The molecule has 0 unspecified atom stereocenters. The van der Waals surface area contributed by atoms with Crippen LogP contribution in [0.4, 0.5) is 13.2 Å². The Morgan fingerprint density at radius 3 is 2.23 bits per heavy atom. The van der Waals surface area contributed by atoms with E-state index in [2.05, 4.69) is 5.32 Å². The van der Waals surface area contributed by atoms with Crippen molar-refractivity contribution >= 4 is 21.7 Å². The van der Waals surface area contributed by atoms with Crippen LogP contribution in [-0.2, 0) is 22.6 Å². The van der Waals surface area contributed by atoms with Crippen molar-refractivity contribution in [3.05, 3.63) is 92.9 Å². The molecule has 0 bridgehead atoms. The SMILES string of the molecule is Cc1c(C(=O)O)c(C(=O)NCc2ccc(S(C)(=O)=O)cc2)cc(=O)n1-c1cccc(C(F)(F)F)c1. The summed E-state index contributed by atoms with van der Waals surface area (Å²) in [6, 6.07) is 10.2. The summed E-state index contributed by atoms with van der Waals surface area (Å²) < 4.78 is 63.2. The zero-order valence-electron chi connectivity index (χ0n) is 18.4. The van der Waals surface area contributed by atoms with Gasteiger partial charge in [-0.2, -0.15) is 13.2 Å². The topological polar surface area (TPSA) is 123 Å². The second-order valence-corrected chi connectivity index (χ2v) is 9.66. The van der Waals surface area contributed by atoms with Crippen LogP contribution in [0.5, 0.6) is 0 Å². The van der Waals surface area contributed by atoms with Gasteiger partial charge >= 0.3 is 12.1 Å². The number of amides is 1. The second-order valence-electron chi connectivity index (χ2n) is 7.64. The fourth-order valence-corrected chi connectivity index (χ4v) is 4.09. The molecule has 1 aromatic heterocycles. The zero-order valence-corrected chi connectivity index (χ0v) is 19.2. The van der Waals surface area contributed by atoms with Crippen LogP contribution in [0.2, 0.25) is 0 Å². The van der Waals surface area contributed by atoms with Crippen LogP contribution in [0.3, 0.4) is 0 Å². The second kappa shape index (κ2) is 9.37. The Morgan fingerprint density at radius 1 is 1.06 bits per heavy atom. The molecule has 0 saturated carbocycles. The Balaban J connectivity index is 1.97. The first-order valence-corrected chi connectivity index (χ1v) is 11.8. The van der Waals surface area contributed by atoms with Crippen molar-refractivity contribution in [2.24, 2.45) is 0 Å². The number of sulfone groups is 1. The number of nitrogens with one attached hydrogen (secondary N) is 1. The van der Waals surface area contributed by atoms with Gasteiger partial charge in [0.25, 0.3) is 11.5 Å². The van der Waals surface area contributed by atoms with Crippen LogP contribution in [0.15, 0.2) is 64.3 Å². The van der Waals surface area contributed by atoms with Crippen LogP contribution in [0.1, 0.15) is 37.5 Å². The number of nitrogens with zero attached hydrogens (tertiary/aromatic N) is 1. The number of aromatic carboxylic acids is 1. The molecular formula is C23H19F3N2O6S. The van der Waals surface area contributed by atoms with E-state index in [-0.39, 0.29) is 22.8 Å². The summed E-state index contributed by atoms with van der Waals surface area (Å²) in [5.41, 5.74) is -2.86. The van der Waals surface area contributed by atoms with E-state index in [4.69, 9.17) is 0 Å². The average molecular weight is 508 g/mol. The van der Waals surface area contributed by atoms with Gasteiger partial charge in [-0.05, 0) is 42.8 Å². The maximum Gasteiger partial charge on any atom is 0.416 e. The third-order valence-corrected chi connectivity index (χ3v) is 6.28. The van der Waals surface area contributed by atoms with Gasteiger partial charge in [-0.1, -0.05) is 18.2 Å². The van der Waals surface area contributed by atoms with Gasteiger partial charge in [0, 0.05) is 30.2 Å². The summed E-state index contributed by atoms with van der Waals surface area (Å²) in [6.45, 7) is 1.11. The number of carbonyl (C=O) groups is 2. The molecule has 1 heterocycles. The van der Waals surface area contributed by atoms with Crippen LogP contribution >= 0.6 is 0 Å². The molecule has 184 valence electrons. The molecule has 3 rings (SSSR count). The van der Waals surface area contributed by atoms with Crippen molar-refractivity contribution in [3.63, 3.8) is 0 Å². The van der Waals surface area contributed by atoms with Gasteiger partial charge < -0.3 is 10.4 Å². The number of hydrogen-bond acceptors (Lipinski definition) is 5. The summed E-state index contributed by atoms with van der Waals surface area (Å²) in [7, 11) is -3.41. The Bertz CT molecular complexity index is 1480. The summed E-state index contributed by atoms with van der Waals surface area (Å²) in [4.78, 5) is 37.5. The lowest BCUT2D eigenvalue weighted by Gasteiger charge is -2.17. The predicted octanol–water partition coefficient (Wildman–Crippen LogP) is 3.20. The van der Waals surface area contributed by atoms with E-state index >= 15 is 0 Å². The van der Waals surface area contributed by atoms with E-state index in [0.717, 1.165) is 29.0 Å². The molecule has 0 aliphatic heterocycles. The van der Waals surface area contributed by atoms with Gasteiger partial charge in [-0.3, -0.25) is 14.2 Å². The van der Waals surface area contributed by atoms with Gasteiger partial charge in [-0.15, -0.1) is 0 Å². The van der Waals surface area contributed by atoms with E-state index < -0.39 is 50.1 Å². The zero-order chi connectivity index (χ0) is 26.1. The van der Waals surface area contributed by atoms with E-state index in [9.17, 15) is 41.1 Å². The van der Waals surface area contributed by atoms with Crippen molar-refractivity contribution in [1.29, 1.82) is 0 Å². The quantitative estimate of drug-likeness (QED) is 0.527. The average Bonchev–Trinajstić information content (AvgIpc) is 2.76. The molecule has 12 heteroatoms. The smallest absolute Gasteiger partial charge is 0.416 e. The highest BCUT2D eigenvalue weighted by Gasteiger charge is 2.31. The summed E-state index contributed by atoms with van der Waals surface area (Å²) in [6.07, 6.45) is -3.64. The Morgan fingerprint density at radius 2 is 1.69 bits per heavy atom. The Hall–Kier alpha value is -3.93. The van der Waals surface area contributed by atoms with Crippen LogP contribution < -0.4 is 10.9 Å². The lowest BCUT2D eigenvalue weighted by molar-refractivity contribution is -0.137. The number of hydrogen-bond donors (Lipinski definition) is 2. The van der Waals surface area contributed by atoms with E-state index in [1.165, 1.54) is 37.3 Å². The van der Waals surface area contributed by atoms with Crippen LogP contribution in [0, 0.1) is 6.92 Å². The molecule has 3 aromatic rings. The van der Waals surface area contributed by atoms with Crippen molar-refractivity contribution in [2.45, 2.75) is 24.5 Å². The molecule has 2 aromatic carbocycles. The highest BCUT2D eigenvalue weighted by molar-refractivity contribution is 7.90. The highest BCUT2D eigenvalue weighted by Crippen LogP contribution is 2.30. The summed E-state index contributed by atoms with van der Waals surface area (Å²) >= 11 is 0. The van der Waals surface area contributed by atoms with E-state index in [0.29, 0.717) is 11.6 Å². The normalized spacial score (nSPS) is 11.8. The Kier molecular flexibility index (Phi) is 6.88. The first kappa shape index (κ1) is 25.7. The molecule has 1 amide bonds. The number of carbonyl (C=O) groups excluding carboxylic acids is 1. The molecule has 8 nitrogen and oxygen atoms in total. The largest absolute Gasteiger partial charge is 0.478 e. The minimum atomic E-state index is -4.68. The summed E-state index contributed by atoms with van der Waals surface area (Å²) in [5.74, 6) is -2.45. The first-order valence-electron chi connectivity index (χ1n) is 9.95. The van der Waals surface area contributed by atoms with Crippen molar-refractivity contribution in [3.8, 4) is 5.69 Å². The monoisotopic (exact) mass is 508 g/mol. The van der Waals surface area contributed by atoms with Gasteiger partial charge in [0.05, 0.1) is 21.6 Å². The lowest BCUT2D eigenvalue weighted by Crippen LogP contribution is -2.31. The number of carboxylic acid groups (broad SMARTS) is 1. The maximum atomic E-state index is 13.1. The molecule has 0 atom stereocenters. The molecule has 0 aliphatic carbocycles. The van der Waals surface area contributed by atoms with E-state index in [1.54, 1.807) is 0 Å². The number of aromatic nitrogens is 1. The molecule has 0 aliphatic rings. The summed E-state index contributed by atoms with van der Waals surface area (Å²) in [5, 5.41) is 12.2. The van der Waals surface area contributed by atoms with Crippen molar-refractivity contribution < 1.29 is 36.3 Å². The molecular weight excluding hydrogens is 489 g/mol. The number of carboxylic acids is 1. The van der Waals surface area contributed by atoms with Gasteiger partial charge in [-0.25, -0.2) is 13.2 Å². The molecule has 2 N–H and O–H groups in total. The minimum absolute atomic E-state index is 0.0783. The standard InChI is InChI=1S/C23H19F3N2O6S/c1-13-20(22(31)32)18(21(30)27-12-14-6-8-17(9-7-14)35(2,33)34)11-19(29)28(13)16-5-3-4-15(10-16)23(24,25)26/h3-11H,12H2,1-2H3,(H,27,30)(H,31,32). The fourth-order valence-electron chi connectivity index (χ4n) is 3.46. The van der Waals surface area contributed by atoms with Gasteiger partial charge in [0.15, 0.2) is 9.84 Å². The number of rotatable bonds is 6. The molecule has 0 saturated heterocycles. The highest BCUT2D eigenvalue weighted by atomic mass is 32.2. The lowest BCUT2D eigenvalue weighted by atomic mass is 10.0. The number of pyridine rings is 1. The van der Waals surface area contributed by atoms with E-state index in [1.807, 2.05) is 0 Å². The number of alkyl halides is 3. The molecule has 0 radical (unpaired) electrons. The van der Waals surface area contributed by atoms with Gasteiger partial charge in [0.1, 0.15) is 0 Å². The van der Waals surface area contributed by atoms with Crippen LogP contribution in [-0.4, -0.2) is 36.2 Å². The minimum Gasteiger partial charge on any atom is -0.478 e. The first-order chi connectivity index (χ1) is 16.2. The Labute approximate surface area is 197 Å². The molecule has 35 heavy (non-hydrogen) atoms. The maximum absolute atomic E-state index is 13.1. The third-order valence-electron chi connectivity index (χ3n) is 5.15. The number of halogens is 3. The fraction of sp³-hybridized carbons (Fsp3) is 0.174. The van der Waals surface area contributed by atoms with Gasteiger partial charge in [0.2, 0.25) is 0 Å². The predicted molar refractivity (Wildman–Crippen MR) is 119 cm³/mol. The third kappa shape index (κ3) is 5.60.